The molecule has 1 N–H and O–H groups in total. The Bertz CT molecular complexity index is 297. The van der Waals surface area contributed by atoms with Crippen molar-refractivity contribution in [1.82, 2.24) is 0 Å². The van der Waals surface area contributed by atoms with Crippen molar-refractivity contribution in [3.8, 4) is 11.5 Å². The van der Waals surface area contributed by atoms with E-state index in [4.69, 9.17) is 9.47 Å². The van der Waals surface area contributed by atoms with Crippen molar-refractivity contribution < 1.29 is 14.6 Å². The van der Waals surface area contributed by atoms with Crippen LogP contribution in [0.5, 0.6) is 11.5 Å². The molecule has 2 atom stereocenters. The molecule has 0 fully saturated rings. The Morgan fingerprint density at radius 1 is 1.27 bits per heavy atom. The Morgan fingerprint density at radius 3 is 2.53 bits per heavy atom. The Morgan fingerprint density at radius 2 is 1.93 bits per heavy atom. The van der Waals surface area contributed by atoms with Crippen LogP contribution in [0.3, 0.4) is 0 Å². The standard InChI is InChI=1S/C12H18O3/c1-4-14-11-6-5-7-12(8-11)15-10(3)9(2)13/h5-10,13H,4H2,1-3H3/t9-,10?/m0/s1. The Balaban J connectivity index is 2.64. The molecule has 1 unspecified atom stereocenters. The highest BCUT2D eigenvalue weighted by atomic mass is 16.5. The van der Waals surface area contributed by atoms with E-state index in [-0.39, 0.29) is 6.10 Å². The van der Waals surface area contributed by atoms with Gasteiger partial charge in [-0.25, -0.2) is 0 Å². The van der Waals surface area contributed by atoms with E-state index in [2.05, 4.69) is 0 Å². The number of hydrogen-bond acceptors (Lipinski definition) is 3. The third kappa shape index (κ3) is 3.80. The summed E-state index contributed by atoms with van der Waals surface area (Å²) in [7, 11) is 0. The minimum Gasteiger partial charge on any atom is -0.494 e. The zero-order valence-electron chi connectivity index (χ0n) is 9.43. The largest absolute Gasteiger partial charge is 0.494 e. The highest BCUT2D eigenvalue weighted by Gasteiger charge is 2.10. The van der Waals surface area contributed by atoms with Crippen LogP contribution in [0.1, 0.15) is 20.8 Å². The Labute approximate surface area is 90.6 Å². The fourth-order valence-electron chi connectivity index (χ4n) is 1.12. The predicted molar refractivity (Wildman–Crippen MR) is 59.4 cm³/mol. The molecule has 0 aliphatic heterocycles. The molecular weight excluding hydrogens is 192 g/mol. The highest BCUT2D eigenvalue weighted by Crippen LogP contribution is 2.20. The lowest BCUT2D eigenvalue weighted by molar-refractivity contribution is 0.0603. The summed E-state index contributed by atoms with van der Waals surface area (Å²) in [5, 5.41) is 9.30. The second-order valence-electron chi connectivity index (χ2n) is 3.47. The first-order valence-corrected chi connectivity index (χ1v) is 5.21. The SMILES string of the molecule is CCOc1cccc(OC(C)[C@H](C)O)c1. The molecule has 1 rings (SSSR count). The summed E-state index contributed by atoms with van der Waals surface area (Å²) in [6, 6.07) is 7.42. The van der Waals surface area contributed by atoms with Crippen molar-refractivity contribution in [3.05, 3.63) is 24.3 Å². The Kier molecular flexibility index (Phi) is 4.43. The summed E-state index contributed by atoms with van der Waals surface area (Å²) in [5.41, 5.74) is 0. The molecule has 0 radical (unpaired) electrons. The van der Waals surface area contributed by atoms with Crippen LogP contribution in [-0.2, 0) is 0 Å². The molecule has 0 saturated carbocycles. The average Bonchev–Trinajstić information content (AvgIpc) is 2.18. The first kappa shape index (κ1) is 11.9. The second-order valence-corrected chi connectivity index (χ2v) is 3.47. The lowest BCUT2D eigenvalue weighted by atomic mass is 10.2. The van der Waals surface area contributed by atoms with Gasteiger partial charge in [0.1, 0.15) is 17.6 Å². The van der Waals surface area contributed by atoms with Crippen molar-refractivity contribution in [2.24, 2.45) is 0 Å². The molecule has 15 heavy (non-hydrogen) atoms. The van der Waals surface area contributed by atoms with Gasteiger partial charge < -0.3 is 14.6 Å². The lowest BCUT2D eigenvalue weighted by Crippen LogP contribution is -2.25. The van der Waals surface area contributed by atoms with Gasteiger partial charge in [-0.2, -0.15) is 0 Å². The molecule has 0 saturated heterocycles. The van der Waals surface area contributed by atoms with Gasteiger partial charge in [0.15, 0.2) is 0 Å². The van der Waals surface area contributed by atoms with Gasteiger partial charge >= 0.3 is 0 Å². The fourth-order valence-corrected chi connectivity index (χ4v) is 1.12. The van der Waals surface area contributed by atoms with Crippen molar-refractivity contribution in [2.45, 2.75) is 33.0 Å². The summed E-state index contributed by atoms with van der Waals surface area (Å²) in [4.78, 5) is 0. The van der Waals surface area contributed by atoms with Crippen molar-refractivity contribution in [3.63, 3.8) is 0 Å². The highest BCUT2D eigenvalue weighted by molar-refractivity contribution is 5.33. The molecule has 0 amide bonds. The minimum absolute atomic E-state index is 0.220. The molecule has 0 aliphatic carbocycles. The monoisotopic (exact) mass is 210 g/mol. The summed E-state index contributed by atoms with van der Waals surface area (Å²) in [5.74, 6) is 1.50. The van der Waals surface area contributed by atoms with Crippen molar-refractivity contribution in [1.29, 1.82) is 0 Å². The molecule has 0 heterocycles. The van der Waals surface area contributed by atoms with E-state index in [1.807, 2.05) is 38.1 Å². The average molecular weight is 210 g/mol. The summed E-state index contributed by atoms with van der Waals surface area (Å²) >= 11 is 0. The van der Waals surface area contributed by atoms with E-state index in [0.717, 1.165) is 5.75 Å². The minimum atomic E-state index is -0.485. The molecule has 84 valence electrons. The van der Waals surface area contributed by atoms with E-state index in [0.29, 0.717) is 12.4 Å². The molecule has 3 nitrogen and oxygen atoms in total. The quantitative estimate of drug-likeness (QED) is 0.810. The molecule has 1 aromatic carbocycles. The summed E-state index contributed by atoms with van der Waals surface area (Å²) in [6.45, 7) is 6.11. The van der Waals surface area contributed by atoms with Crippen LogP contribution in [-0.4, -0.2) is 23.9 Å². The third-order valence-corrected chi connectivity index (χ3v) is 2.12. The molecule has 1 aromatic rings. The van der Waals surface area contributed by atoms with Crippen LogP contribution < -0.4 is 9.47 Å². The smallest absolute Gasteiger partial charge is 0.123 e. The molecule has 0 aromatic heterocycles. The molecular formula is C12H18O3. The van der Waals surface area contributed by atoms with E-state index in [1.54, 1.807) is 6.92 Å². The van der Waals surface area contributed by atoms with Gasteiger partial charge in [0, 0.05) is 6.07 Å². The maximum Gasteiger partial charge on any atom is 0.123 e. The van der Waals surface area contributed by atoms with Gasteiger partial charge in [-0.05, 0) is 32.9 Å². The van der Waals surface area contributed by atoms with Gasteiger partial charge in [-0.15, -0.1) is 0 Å². The fraction of sp³-hybridized carbons (Fsp3) is 0.500. The van der Waals surface area contributed by atoms with Crippen LogP contribution in [0, 0.1) is 0 Å². The predicted octanol–water partition coefficient (Wildman–Crippen LogP) is 2.23. The maximum absolute atomic E-state index is 9.30. The maximum atomic E-state index is 9.30. The van der Waals surface area contributed by atoms with Crippen LogP contribution in [0.4, 0.5) is 0 Å². The summed E-state index contributed by atoms with van der Waals surface area (Å²) < 4.78 is 10.9. The van der Waals surface area contributed by atoms with Crippen LogP contribution in [0.15, 0.2) is 24.3 Å². The second kappa shape index (κ2) is 5.61. The molecule has 0 aliphatic rings. The van der Waals surface area contributed by atoms with Crippen LogP contribution >= 0.6 is 0 Å². The van der Waals surface area contributed by atoms with Gasteiger partial charge in [0.25, 0.3) is 0 Å². The van der Waals surface area contributed by atoms with E-state index < -0.39 is 6.10 Å². The third-order valence-electron chi connectivity index (χ3n) is 2.12. The first-order chi connectivity index (χ1) is 7.13. The van der Waals surface area contributed by atoms with E-state index in [1.165, 1.54) is 0 Å². The van der Waals surface area contributed by atoms with Gasteiger partial charge in [-0.3, -0.25) is 0 Å². The van der Waals surface area contributed by atoms with Gasteiger partial charge in [-0.1, -0.05) is 6.07 Å². The lowest BCUT2D eigenvalue weighted by Gasteiger charge is -2.17. The topological polar surface area (TPSA) is 38.7 Å². The van der Waals surface area contributed by atoms with Gasteiger partial charge in [0.05, 0.1) is 12.7 Å². The Hall–Kier alpha value is -1.22. The number of hydrogen-bond donors (Lipinski definition) is 1. The molecule has 0 spiro atoms. The zero-order valence-corrected chi connectivity index (χ0v) is 9.43. The van der Waals surface area contributed by atoms with E-state index >= 15 is 0 Å². The number of aliphatic hydroxyl groups is 1. The van der Waals surface area contributed by atoms with E-state index in [9.17, 15) is 5.11 Å². The zero-order chi connectivity index (χ0) is 11.3. The van der Waals surface area contributed by atoms with Crippen LogP contribution in [0.25, 0.3) is 0 Å². The summed E-state index contributed by atoms with van der Waals surface area (Å²) in [6.07, 6.45) is -0.706. The van der Waals surface area contributed by atoms with Crippen LogP contribution in [0.2, 0.25) is 0 Å². The number of benzene rings is 1. The normalized spacial score (nSPS) is 14.4. The number of aliphatic hydroxyl groups excluding tert-OH is 1. The van der Waals surface area contributed by atoms with Gasteiger partial charge in [0.2, 0.25) is 0 Å². The number of rotatable bonds is 5. The van der Waals surface area contributed by atoms with Crippen molar-refractivity contribution in [2.75, 3.05) is 6.61 Å². The van der Waals surface area contributed by atoms with Crippen molar-refractivity contribution >= 4 is 0 Å². The molecule has 0 bridgehead atoms. The first-order valence-electron chi connectivity index (χ1n) is 5.21. The molecule has 3 heteroatoms. The number of ether oxygens (including phenoxy) is 2.